The topological polar surface area (TPSA) is 68.8 Å². The Labute approximate surface area is 187 Å². The van der Waals surface area contributed by atoms with Crippen LogP contribution in [0.25, 0.3) is 0 Å². The van der Waals surface area contributed by atoms with Crippen LogP contribution in [0.5, 0.6) is 0 Å². The number of hydrogen-bond donors (Lipinski definition) is 3. The summed E-state index contributed by atoms with van der Waals surface area (Å²) in [6, 6.07) is 8.34. The maximum atomic E-state index is 12.0. The molecule has 1 fully saturated rings. The van der Waals surface area contributed by atoms with Crippen molar-refractivity contribution in [3.63, 3.8) is 0 Å². The van der Waals surface area contributed by atoms with E-state index >= 15 is 0 Å². The SMILES string of the molecule is CCCCNC(=O)c1ccc(CNC(=NC)NCC2CCCN2CC)cc1.I. The molecule has 1 atom stereocenters. The van der Waals surface area contributed by atoms with E-state index in [-0.39, 0.29) is 29.9 Å². The third-order valence-corrected chi connectivity index (χ3v) is 5.13. The molecular weight excluding hydrogens is 465 g/mol. The average molecular weight is 501 g/mol. The van der Waals surface area contributed by atoms with Crippen molar-refractivity contribution >= 4 is 35.8 Å². The number of aliphatic imine (C=N–C) groups is 1. The minimum atomic E-state index is -0.00234. The molecule has 1 saturated heterocycles. The highest BCUT2D eigenvalue weighted by molar-refractivity contribution is 14.0. The van der Waals surface area contributed by atoms with Crippen LogP contribution >= 0.6 is 24.0 Å². The zero-order valence-corrected chi connectivity index (χ0v) is 19.8. The number of carbonyl (C=O) groups is 1. The molecule has 158 valence electrons. The lowest BCUT2D eigenvalue weighted by molar-refractivity contribution is 0.0953. The van der Waals surface area contributed by atoms with Crippen LogP contribution in [0.15, 0.2) is 29.3 Å². The van der Waals surface area contributed by atoms with Gasteiger partial charge in [0.2, 0.25) is 0 Å². The highest BCUT2D eigenvalue weighted by Gasteiger charge is 2.22. The van der Waals surface area contributed by atoms with Crippen molar-refractivity contribution in [1.82, 2.24) is 20.9 Å². The molecule has 0 aliphatic carbocycles. The van der Waals surface area contributed by atoms with Crippen molar-refractivity contribution in [3.8, 4) is 0 Å². The van der Waals surface area contributed by atoms with Crippen LogP contribution in [0.2, 0.25) is 0 Å². The van der Waals surface area contributed by atoms with Crippen molar-refractivity contribution in [3.05, 3.63) is 35.4 Å². The standard InChI is InChI=1S/C21H35N5O.HI/c1-4-6-13-23-20(27)18-11-9-17(10-12-18)15-24-21(22-3)25-16-19-8-7-14-26(19)5-2;/h9-12,19H,4-8,13-16H2,1-3H3,(H,23,27)(H2,22,24,25);1H. The van der Waals surface area contributed by atoms with Crippen molar-refractivity contribution in [2.75, 3.05) is 33.2 Å². The second-order valence-electron chi connectivity index (χ2n) is 7.04. The Morgan fingerprint density at radius 3 is 2.57 bits per heavy atom. The first-order chi connectivity index (χ1) is 13.2. The number of likely N-dealkylation sites (N-methyl/N-ethyl adjacent to an activating group) is 1. The molecule has 1 aromatic rings. The molecule has 28 heavy (non-hydrogen) atoms. The number of rotatable bonds is 9. The van der Waals surface area contributed by atoms with Gasteiger partial charge in [0.1, 0.15) is 0 Å². The predicted molar refractivity (Wildman–Crippen MR) is 128 cm³/mol. The quantitative estimate of drug-likeness (QED) is 0.211. The summed E-state index contributed by atoms with van der Waals surface area (Å²) < 4.78 is 0. The van der Waals surface area contributed by atoms with E-state index in [1.807, 2.05) is 24.3 Å². The first-order valence-electron chi connectivity index (χ1n) is 10.2. The lowest BCUT2D eigenvalue weighted by atomic mass is 10.1. The Morgan fingerprint density at radius 1 is 1.18 bits per heavy atom. The lowest BCUT2D eigenvalue weighted by Gasteiger charge is -2.24. The molecule has 0 aromatic heterocycles. The van der Waals surface area contributed by atoms with Gasteiger partial charge in [0.25, 0.3) is 5.91 Å². The smallest absolute Gasteiger partial charge is 0.251 e. The molecule has 0 bridgehead atoms. The summed E-state index contributed by atoms with van der Waals surface area (Å²) in [4.78, 5) is 18.9. The van der Waals surface area contributed by atoms with Crippen LogP contribution in [0.1, 0.15) is 55.5 Å². The maximum absolute atomic E-state index is 12.0. The van der Waals surface area contributed by atoms with Crippen molar-refractivity contribution in [2.24, 2.45) is 4.99 Å². The van der Waals surface area contributed by atoms with Crippen LogP contribution in [0.3, 0.4) is 0 Å². The zero-order chi connectivity index (χ0) is 19.5. The third-order valence-electron chi connectivity index (χ3n) is 5.13. The van der Waals surface area contributed by atoms with Gasteiger partial charge in [0.15, 0.2) is 5.96 Å². The molecule has 3 N–H and O–H groups in total. The van der Waals surface area contributed by atoms with Gasteiger partial charge in [-0.15, -0.1) is 24.0 Å². The fourth-order valence-corrected chi connectivity index (χ4v) is 3.42. The molecule has 0 spiro atoms. The minimum Gasteiger partial charge on any atom is -0.355 e. The van der Waals surface area contributed by atoms with Crippen LogP contribution in [0, 0.1) is 0 Å². The molecular formula is C21H36IN5O. The van der Waals surface area contributed by atoms with Gasteiger partial charge >= 0.3 is 0 Å². The normalized spacial score (nSPS) is 17.1. The highest BCUT2D eigenvalue weighted by atomic mass is 127. The van der Waals surface area contributed by atoms with Gasteiger partial charge in [0.05, 0.1) is 0 Å². The molecule has 6 nitrogen and oxygen atoms in total. The monoisotopic (exact) mass is 501 g/mol. The highest BCUT2D eigenvalue weighted by Crippen LogP contribution is 2.15. The average Bonchev–Trinajstić information content (AvgIpc) is 3.16. The largest absolute Gasteiger partial charge is 0.355 e. The van der Waals surface area contributed by atoms with Crippen molar-refractivity contribution in [2.45, 2.75) is 52.1 Å². The Bertz CT molecular complexity index is 605. The molecule has 1 aliphatic heterocycles. The van der Waals surface area contributed by atoms with E-state index in [0.29, 0.717) is 18.2 Å². The van der Waals surface area contributed by atoms with Gasteiger partial charge < -0.3 is 16.0 Å². The van der Waals surface area contributed by atoms with E-state index in [1.165, 1.54) is 19.4 Å². The Hall–Kier alpha value is -1.35. The van der Waals surface area contributed by atoms with E-state index in [0.717, 1.165) is 44.0 Å². The number of halogens is 1. The van der Waals surface area contributed by atoms with Crippen LogP contribution in [-0.4, -0.2) is 56.0 Å². The number of amides is 1. The second kappa shape index (κ2) is 13.8. The summed E-state index contributed by atoms with van der Waals surface area (Å²) >= 11 is 0. The Balaban J connectivity index is 0.00000392. The number of nitrogens with zero attached hydrogens (tertiary/aromatic N) is 2. The molecule has 1 amide bonds. The van der Waals surface area contributed by atoms with Crippen LogP contribution < -0.4 is 16.0 Å². The summed E-state index contributed by atoms with van der Waals surface area (Å²) in [6.07, 6.45) is 4.62. The molecule has 1 aromatic carbocycles. The van der Waals surface area contributed by atoms with E-state index in [9.17, 15) is 4.79 Å². The number of guanidine groups is 1. The van der Waals surface area contributed by atoms with Crippen molar-refractivity contribution in [1.29, 1.82) is 0 Å². The number of likely N-dealkylation sites (tertiary alicyclic amines) is 1. The van der Waals surface area contributed by atoms with Crippen molar-refractivity contribution < 1.29 is 4.79 Å². The van der Waals surface area contributed by atoms with E-state index in [2.05, 4.69) is 39.7 Å². The molecule has 7 heteroatoms. The first-order valence-corrected chi connectivity index (χ1v) is 10.2. The number of hydrogen-bond acceptors (Lipinski definition) is 3. The summed E-state index contributed by atoms with van der Waals surface area (Å²) in [5, 5.41) is 9.73. The summed E-state index contributed by atoms with van der Waals surface area (Å²) in [6.45, 7) is 8.98. The Morgan fingerprint density at radius 2 is 1.93 bits per heavy atom. The number of carbonyl (C=O) groups excluding carboxylic acids is 1. The van der Waals surface area contributed by atoms with Gasteiger partial charge in [-0.1, -0.05) is 32.4 Å². The van der Waals surface area contributed by atoms with Crippen LogP contribution in [0.4, 0.5) is 0 Å². The first kappa shape index (κ1) is 24.7. The molecule has 2 rings (SSSR count). The number of nitrogens with one attached hydrogen (secondary N) is 3. The zero-order valence-electron chi connectivity index (χ0n) is 17.5. The molecule has 0 radical (unpaired) electrons. The summed E-state index contributed by atoms with van der Waals surface area (Å²) in [5.74, 6) is 0.816. The fraction of sp³-hybridized carbons (Fsp3) is 0.619. The number of unbranched alkanes of at least 4 members (excludes halogenated alkanes) is 1. The van der Waals surface area contributed by atoms with Gasteiger partial charge in [0, 0.05) is 38.3 Å². The van der Waals surface area contributed by atoms with E-state index in [1.54, 1.807) is 7.05 Å². The summed E-state index contributed by atoms with van der Waals surface area (Å²) in [5.41, 5.74) is 1.83. The molecule has 1 aliphatic rings. The van der Waals surface area contributed by atoms with Crippen LogP contribution in [-0.2, 0) is 6.54 Å². The molecule has 1 unspecified atom stereocenters. The molecule has 1 heterocycles. The fourth-order valence-electron chi connectivity index (χ4n) is 3.42. The third kappa shape index (κ3) is 7.95. The number of benzene rings is 1. The summed E-state index contributed by atoms with van der Waals surface area (Å²) in [7, 11) is 1.80. The van der Waals surface area contributed by atoms with Gasteiger partial charge in [-0.2, -0.15) is 0 Å². The maximum Gasteiger partial charge on any atom is 0.251 e. The van der Waals surface area contributed by atoms with Gasteiger partial charge in [-0.05, 0) is 50.0 Å². The second-order valence-corrected chi connectivity index (χ2v) is 7.04. The van der Waals surface area contributed by atoms with Gasteiger partial charge in [-0.3, -0.25) is 14.7 Å². The van der Waals surface area contributed by atoms with E-state index < -0.39 is 0 Å². The molecule has 0 saturated carbocycles. The van der Waals surface area contributed by atoms with E-state index in [4.69, 9.17) is 0 Å². The Kier molecular flexibility index (Phi) is 12.1. The minimum absolute atomic E-state index is 0. The lowest BCUT2D eigenvalue weighted by Crippen LogP contribution is -2.44. The van der Waals surface area contributed by atoms with Gasteiger partial charge in [-0.25, -0.2) is 0 Å². The predicted octanol–water partition coefficient (Wildman–Crippen LogP) is 2.98.